The molecule has 0 spiro atoms. The van der Waals surface area contributed by atoms with Crippen molar-refractivity contribution in [1.82, 2.24) is 10.3 Å². The smallest absolute Gasteiger partial charge is 0.146 e. The summed E-state index contributed by atoms with van der Waals surface area (Å²) in [5, 5.41) is 3.91. The van der Waals surface area contributed by atoms with Crippen molar-refractivity contribution >= 4 is 27.5 Å². The molecule has 0 saturated heterocycles. The van der Waals surface area contributed by atoms with E-state index in [0.717, 1.165) is 35.3 Å². The zero-order valence-corrected chi connectivity index (χ0v) is 13.5. The lowest BCUT2D eigenvalue weighted by Crippen LogP contribution is -2.14. The van der Waals surface area contributed by atoms with Crippen molar-refractivity contribution < 1.29 is 4.74 Å². The van der Waals surface area contributed by atoms with E-state index in [0.29, 0.717) is 10.8 Å². The maximum Gasteiger partial charge on any atom is 0.146 e. The Bertz CT molecular complexity index is 578. The molecule has 0 bridgehead atoms. The topological polar surface area (TPSA) is 34.2 Å². The highest BCUT2D eigenvalue weighted by Crippen LogP contribution is 2.32. The number of hydrogen-bond acceptors (Lipinski definition) is 3. The van der Waals surface area contributed by atoms with E-state index in [1.54, 1.807) is 6.20 Å². The molecule has 3 nitrogen and oxygen atoms in total. The molecular formula is C15H16BrClN2O. The number of hydrogen-bond donors (Lipinski definition) is 1. The molecule has 2 aromatic rings. The van der Waals surface area contributed by atoms with Crippen LogP contribution >= 0.6 is 27.5 Å². The van der Waals surface area contributed by atoms with E-state index in [4.69, 9.17) is 16.3 Å². The van der Waals surface area contributed by atoms with Gasteiger partial charge in [0.15, 0.2) is 0 Å². The van der Waals surface area contributed by atoms with Crippen molar-refractivity contribution in [1.29, 1.82) is 0 Å². The Kier molecular flexibility index (Phi) is 5.83. The summed E-state index contributed by atoms with van der Waals surface area (Å²) in [6, 6.07) is 7.40. The molecule has 0 radical (unpaired) electrons. The molecule has 1 heterocycles. The Labute approximate surface area is 132 Å². The van der Waals surface area contributed by atoms with Gasteiger partial charge in [0.25, 0.3) is 0 Å². The summed E-state index contributed by atoms with van der Waals surface area (Å²) in [5.41, 5.74) is 1.01. The average molecular weight is 356 g/mol. The summed E-state index contributed by atoms with van der Waals surface area (Å²) in [5.74, 6) is 1.41. The van der Waals surface area contributed by atoms with Crippen LogP contribution in [0.5, 0.6) is 11.5 Å². The summed E-state index contributed by atoms with van der Waals surface area (Å²) >= 11 is 9.55. The van der Waals surface area contributed by atoms with E-state index in [2.05, 4.69) is 33.2 Å². The Morgan fingerprint density at radius 3 is 2.90 bits per heavy atom. The first-order chi connectivity index (χ1) is 9.70. The van der Waals surface area contributed by atoms with Gasteiger partial charge >= 0.3 is 0 Å². The summed E-state index contributed by atoms with van der Waals surface area (Å²) in [6.45, 7) is 3.83. The monoisotopic (exact) mass is 354 g/mol. The van der Waals surface area contributed by atoms with E-state index in [9.17, 15) is 0 Å². The normalized spacial score (nSPS) is 10.6. The van der Waals surface area contributed by atoms with Crippen LogP contribution in [0.3, 0.4) is 0 Å². The zero-order chi connectivity index (χ0) is 14.4. The van der Waals surface area contributed by atoms with E-state index < -0.39 is 0 Å². The molecule has 0 unspecified atom stereocenters. The number of benzene rings is 1. The van der Waals surface area contributed by atoms with Crippen LogP contribution in [-0.2, 0) is 6.54 Å². The fraction of sp³-hybridized carbons (Fsp3) is 0.267. The number of rotatable bonds is 6. The zero-order valence-electron chi connectivity index (χ0n) is 11.2. The van der Waals surface area contributed by atoms with Gasteiger partial charge in [-0.05, 0) is 37.2 Å². The molecule has 0 atom stereocenters. The van der Waals surface area contributed by atoms with Crippen LogP contribution in [0.4, 0.5) is 0 Å². The molecule has 0 amide bonds. The molecule has 5 heteroatoms. The second-order valence-corrected chi connectivity index (χ2v) is 5.66. The molecule has 106 valence electrons. The maximum atomic E-state index is 6.17. The van der Waals surface area contributed by atoms with Crippen LogP contribution in [0, 0.1) is 0 Å². The first-order valence-electron chi connectivity index (χ1n) is 6.47. The fourth-order valence-electron chi connectivity index (χ4n) is 1.72. The lowest BCUT2D eigenvalue weighted by atomic mass is 10.2. The molecular weight excluding hydrogens is 340 g/mol. The molecule has 2 rings (SSSR count). The minimum atomic E-state index is 0.573. The third-order valence-electron chi connectivity index (χ3n) is 2.71. The molecule has 1 aromatic carbocycles. The quantitative estimate of drug-likeness (QED) is 0.757. The van der Waals surface area contributed by atoms with Gasteiger partial charge in [-0.2, -0.15) is 0 Å². The number of ether oxygens (including phenoxy) is 1. The van der Waals surface area contributed by atoms with E-state index in [-0.39, 0.29) is 0 Å². The predicted octanol–water partition coefficient (Wildman–Crippen LogP) is 4.79. The summed E-state index contributed by atoms with van der Waals surface area (Å²) < 4.78 is 6.82. The molecule has 0 saturated carbocycles. The largest absolute Gasteiger partial charge is 0.455 e. The first kappa shape index (κ1) is 15.3. The first-order valence-corrected chi connectivity index (χ1v) is 7.64. The Hall–Kier alpha value is -1.10. The highest BCUT2D eigenvalue weighted by Gasteiger charge is 2.08. The van der Waals surface area contributed by atoms with Gasteiger partial charge in [0, 0.05) is 29.0 Å². The second-order valence-electron chi connectivity index (χ2n) is 4.34. The fourth-order valence-corrected chi connectivity index (χ4v) is 2.43. The predicted molar refractivity (Wildman–Crippen MR) is 85.5 cm³/mol. The van der Waals surface area contributed by atoms with Crippen molar-refractivity contribution in [2.45, 2.75) is 19.9 Å². The van der Waals surface area contributed by atoms with Crippen LogP contribution in [0.25, 0.3) is 0 Å². The molecule has 0 aliphatic heterocycles. The van der Waals surface area contributed by atoms with E-state index >= 15 is 0 Å². The van der Waals surface area contributed by atoms with Gasteiger partial charge in [-0.3, -0.25) is 4.98 Å². The molecule has 0 fully saturated rings. The molecule has 1 N–H and O–H groups in total. The number of pyridine rings is 1. The van der Waals surface area contributed by atoms with Crippen LogP contribution in [0.1, 0.15) is 18.9 Å². The SMILES string of the molecule is CCCNCc1cnccc1Oc1ccc(Br)cc1Cl. The van der Waals surface area contributed by atoms with Gasteiger partial charge < -0.3 is 10.1 Å². The van der Waals surface area contributed by atoms with Gasteiger partial charge in [0.2, 0.25) is 0 Å². The van der Waals surface area contributed by atoms with Gasteiger partial charge in [-0.1, -0.05) is 34.5 Å². The molecule has 1 aromatic heterocycles. The number of nitrogens with one attached hydrogen (secondary N) is 1. The Morgan fingerprint density at radius 2 is 2.15 bits per heavy atom. The number of nitrogens with zero attached hydrogens (tertiary/aromatic N) is 1. The van der Waals surface area contributed by atoms with Gasteiger partial charge in [0.1, 0.15) is 11.5 Å². The lowest BCUT2D eigenvalue weighted by molar-refractivity contribution is 0.471. The summed E-state index contributed by atoms with van der Waals surface area (Å²) in [7, 11) is 0. The Morgan fingerprint density at radius 1 is 1.30 bits per heavy atom. The Balaban J connectivity index is 2.16. The van der Waals surface area contributed by atoms with Crippen molar-refractivity contribution in [3.63, 3.8) is 0 Å². The third-order valence-corrected chi connectivity index (χ3v) is 3.50. The highest BCUT2D eigenvalue weighted by atomic mass is 79.9. The highest BCUT2D eigenvalue weighted by molar-refractivity contribution is 9.10. The number of aromatic nitrogens is 1. The van der Waals surface area contributed by atoms with Crippen LogP contribution < -0.4 is 10.1 Å². The van der Waals surface area contributed by atoms with E-state index in [1.807, 2.05) is 30.5 Å². The second kappa shape index (κ2) is 7.62. The van der Waals surface area contributed by atoms with Crippen molar-refractivity contribution in [3.8, 4) is 11.5 Å². The van der Waals surface area contributed by atoms with Gasteiger partial charge in [-0.25, -0.2) is 0 Å². The molecule has 0 aliphatic carbocycles. The van der Waals surface area contributed by atoms with Crippen molar-refractivity contribution in [3.05, 3.63) is 51.7 Å². The molecule has 0 aliphatic rings. The van der Waals surface area contributed by atoms with Gasteiger partial charge in [0.05, 0.1) is 5.02 Å². The van der Waals surface area contributed by atoms with Gasteiger partial charge in [-0.15, -0.1) is 0 Å². The van der Waals surface area contributed by atoms with E-state index in [1.165, 1.54) is 0 Å². The minimum absolute atomic E-state index is 0.573. The van der Waals surface area contributed by atoms with Crippen LogP contribution in [0.2, 0.25) is 5.02 Å². The standard InChI is InChI=1S/C15H16BrClN2O/c1-2-6-18-9-11-10-19-7-5-14(11)20-15-4-3-12(16)8-13(15)17/h3-5,7-8,10,18H,2,6,9H2,1H3. The maximum absolute atomic E-state index is 6.17. The summed E-state index contributed by atoms with van der Waals surface area (Å²) in [6.07, 6.45) is 4.62. The lowest BCUT2D eigenvalue weighted by Gasteiger charge is -2.12. The number of halogens is 2. The molecule has 20 heavy (non-hydrogen) atoms. The minimum Gasteiger partial charge on any atom is -0.455 e. The average Bonchev–Trinajstić information content (AvgIpc) is 2.44. The summed E-state index contributed by atoms with van der Waals surface area (Å²) in [4.78, 5) is 4.14. The van der Waals surface area contributed by atoms with Crippen LogP contribution in [-0.4, -0.2) is 11.5 Å². The third kappa shape index (κ3) is 4.20. The van der Waals surface area contributed by atoms with Crippen molar-refractivity contribution in [2.75, 3.05) is 6.54 Å². The van der Waals surface area contributed by atoms with Crippen molar-refractivity contribution in [2.24, 2.45) is 0 Å². The van der Waals surface area contributed by atoms with Crippen LogP contribution in [0.15, 0.2) is 41.1 Å².